The highest BCUT2D eigenvalue weighted by Crippen LogP contribution is 2.29. The molecule has 2 unspecified atom stereocenters. The number of likely N-dealkylation sites (tertiary alicyclic amines) is 2. The van der Waals surface area contributed by atoms with Gasteiger partial charge in [0.15, 0.2) is 0 Å². The van der Waals surface area contributed by atoms with Gasteiger partial charge in [0.2, 0.25) is 0 Å². The van der Waals surface area contributed by atoms with Gasteiger partial charge in [0.05, 0.1) is 12.5 Å². The van der Waals surface area contributed by atoms with Crippen LogP contribution < -0.4 is 0 Å². The van der Waals surface area contributed by atoms with Crippen molar-refractivity contribution < 1.29 is 28.6 Å². The summed E-state index contributed by atoms with van der Waals surface area (Å²) >= 11 is 0. The minimum absolute atomic E-state index is 0.140. The zero-order valence-electron chi connectivity index (χ0n) is 11.0. The van der Waals surface area contributed by atoms with Crippen molar-refractivity contribution in [3.8, 4) is 0 Å². The molecule has 0 aromatic carbocycles. The number of alkyl halides is 2. The highest BCUT2D eigenvalue weighted by Gasteiger charge is 2.41. The van der Waals surface area contributed by atoms with Crippen LogP contribution in [0.1, 0.15) is 19.3 Å². The van der Waals surface area contributed by atoms with E-state index in [2.05, 4.69) is 0 Å². The lowest BCUT2D eigenvalue weighted by Crippen LogP contribution is -2.51. The van der Waals surface area contributed by atoms with Gasteiger partial charge in [0.25, 0.3) is 5.92 Å². The summed E-state index contributed by atoms with van der Waals surface area (Å²) in [6, 6.07) is -0.531. The average molecular weight is 292 g/mol. The van der Waals surface area contributed by atoms with E-state index in [1.54, 1.807) is 0 Å². The first-order valence-corrected chi connectivity index (χ1v) is 6.61. The van der Waals surface area contributed by atoms with Crippen molar-refractivity contribution in [2.75, 3.05) is 26.2 Å². The Balaban J connectivity index is 2.00. The van der Waals surface area contributed by atoms with E-state index in [1.165, 1.54) is 9.80 Å². The first kappa shape index (κ1) is 15.0. The third-order valence-electron chi connectivity index (χ3n) is 4.03. The van der Waals surface area contributed by atoms with Crippen molar-refractivity contribution >= 4 is 12.1 Å². The van der Waals surface area contributed by atoms with Gasteiger partial charge >= 0.3 is 12.1 Å². The average Bonchev–Trinajstić information content (AvgIpc) is 2.68. The molecule has 6 nitrogen and oxygen atoms in total. The number of carbonyl (C=O) groups is 2. The molecule has 2 atom stereocenters. The van der Waals surface area contributed by atoms with Crippen LogP contribution in [0.3, 0.4) is 0 Å². The molecule has 0 aliphatic carbocycles. The van der Waals surface area contributed by atoms with Gasteiger partial charge in [-0.1, -0.05) is 0 Å². The lowest BCUT2D eigenvalue weighted by atomic mass is 9.91. The minimum Gasteiger partial charge on any atom is -0.481 e. The van der Waals surface area contributed by atoms with Crippen LogP contribution in [0.5, 0.6) is 0 Å². The van der Waals surface area contributed by atoms with Crippen molar-refractivity contribution in [2.45, 2.75) is 31.2 Å². The molecule has 0 radical (unpaired) electrons. The Morgan fingerprint density at radius 1 is 1.25 bits per heavy atom. The Hall–Kier alpha value is -1.44. The molecule has 20 heavy (non-hydrogen) atoms. The van der Waals surface area contributed by atoms with Crippen LogP contribution in [-0.4, -0.2) is 70.2 Å². The van der Waals surface area contributed by atoms with Gasteiger partial charge < -0.3 is 15.1 Å². The molecule has 0 bridgehead atoms. The lowest BCUT2D eigenvalue weighted by molar-refractivity contribution is -0.144. The zero-order valence-corrected chi connectivity index (χ0v) is 11.0. The number of aliphatic carboxylic acids is 1. The number of nitrogens with zero attached hydrogens (tertiary/aromatic N) is 2. The topological polar surface area (TPSA) is 81.1 Å². The van der Waals surface area contributed by atoms with E-state index >= 15 is 0 Å². The minimum atomic E-state index is -2.73. The summed E-state index contributed by atoms with van der Waals surface area (Å²) in [6.07, 6.45) is -0.891. The van der Waals surface area contributed by atoms with Crippen LogP contribution in [0.4, 0.5) is 13.6 Å². The van der Waals surface area contributed by atoms with Crippen LogP contribution >= 0.6 is 0 Å². The molecule has 0 spiro atoms. The van der Waals surface area contributed by atoms with E-state index < -0.39 is 29.9 Å². The van der Waals surface area contributed by atoms with Crippen LogP contribution in [0.15, 0.2) is 0 Å². The van der Waals surface area contributed by atoms with Gasteiger partial charge in [0, 0.05) is 32.1 Å². The molecule has 0 aromatic rings. The SMILES string of the molecule is O=C(O)C1CCN(C(=O)O)C(CN2CCC(F)(F)C2)C1. The fourth-order valence-corrected chi connectivity index (χ4v) is 2.96. The molecule has 2 saturated heterocycles. The van der Waals surface area contributed by atoms with Crippen LogP contribution in [-0.2, 0) is 4.79 Å². The molecular formula is C12H18F2N2O4. The summed E-state index contributed by atoms with van der Waals surface area (Å²) in [6.45, 7) is 0.149. The maximum absolute atomic E-state index is 13.1. The van der Waals surface area contributed by atoms with E-state index in [4.69, 9.17) is 10.2 Å². The molecule has 8 heteroatoms. The van der Waals surface area contributed by atoms with E-state index in [0.717, 1.165) is 0 Å². The fourth-order valence-electron chi connectivity index (χ4n) is 2.96. The van der Waals surface area contributed by atoms with Crippen LogP contribution in [0.25, 0.3) is 0 Å². The molecule has 0 saturated carbocycles. The van der Waals surface area contributed by atoms with Crippen LogP contribution in [0.2, 0.25) is 0 Å². The van der Waals surface area contributed by atoms with E-state index in [1.807, 2.05) is 0 Å². The number of amides is 1. The Labute approximate surface area is 115 Å². The van der Waals surface area contributed by atoms with Crippen LogP contribution in [0, 0.1) is 5.92 Å². The second-order valence-corrected chi connectivity index (χ2v) is 5.53. The standard InChI is InChI=1S/C12H18F2N2O4/c13-12(14)2-4-15(7-12)6-9-5-8(10(17)18)1-3-16(9)11(19)20/h8-9H,1-7H2,(H,17,18)(H,19,20). The number of halogens is 2. The zero-order chi connectivity index (χ0) is 14.9. The maximum atomic E-state index is 13.1. The van der Waals surface area contributed by atoms with Gasteiger partial charge in [-0.05, 0) is 12.8 Å². The van der Waals surface area contributed by atoms with Crippen molar-refractivity contribution in [3.63, 3.8) is 0 Å². The molecule has 2 fully saturated rings. The third-order valence-corrected chi connectivity index (χ3v) is 4.03. The molecule has 2 rings (SSSR count). The van der Waals surface area contributed by atoms with Gasteiger partial charge in [-0.2, -0.15) is 0 Å². The number of hydrogen-bond acceptors (Lipinski definition) is 3. The number of rotatable bonds is 3. The summed E-state index contributed by atoms with van der Waals surface area (Å²) in [7, 11) is 0. The molecule has 114 valence electrons. The monoisotopic (exact) mass is 292 g/mol. The molecular weight excluding hydrogens is 274 g/mol. The first-order valence-electron chi connectivity index (χ1n) is 6.61. The van der Waals surface area contributed by atoms with Gasteiger partial charge in [-0.25, -0.2) is 13.6 Å². The van der Waals surface area contributed by atoms with E-state index in [9.17, 15) is 18.4 Å². The maximum Gasteiger partial charge on any atom is 0.407 e. The lowest BCUT2D eigenvalue weighted by Gasteiger charge is -2.38. The molecule has 2 N–H and O–H groups in total. The van der Waals surface area contributed by atoms with Gasteiger partial charge in [0.1, 0.15) is 0 Å². The molecule has 1 amide bonds. The highest BCUT2D eigenvalue weighted by atomic mass is 19.3. The summed E-state index contributed by atoms with van der Waals surface area (Å²) in [5.41, 5.74) is 0. The second kappa shape index (κ2) is 5.51. The number of piperidine rings is 1. The smallest absolute Gasteiger partial charge is 0.407 e. The van der Waals surface area contributed by atoms with Crippen molar-refractivity contribution in [3.05, 3.63) is 0 Å². The van der Waals surface area contributed by atoms with Crippen molar-refractivity contribution in [2.24, 2.45) is 5.92 Å². The summed E-state index contributed by atoms with van der Waals surface area (Å²) < 4.78 is 26.3. The molecule has 0 aromatic heterocycles. The fraction of sp³-hybridized carbons (Fsp3) is 0.833. The largest absolute Gasteiger partial charge is 0.481 e. The molecule has 2 aliphatic heterocycles. The van der Waals surface area contributed by atoms with Gasteiger partial charge in [-0.3, -0.25) is 9.69 Å². The number of carboxylic acid groups (broad SMARTS) is 2. The van der Waals surface area contributed by atoms with E-state index in [-0.39, 0.29) is 45.4 Å². The molecule has 2 aliphatic rings. The van der Waals surface area contributed by atoms with E-state index in [0.29, 0.717) is 0 Å². The second-order valence-electron chi connectivity index (χ2n) is 5.53. The normalized spacial score (nSPS) is 30.4. The Bertz CT molecular complexity index is 405. The Morgan fingerprint density at radius 2 is 1.95 bits per heavy atom. The predicted molar refractivity (Wildman–Crippen MR) is 64.9 cm³/mol. The quantitative estimate of drug-likeness (QED) is 0.816. The third kappa shape index (κ3) is 3.36. The summed E-state index contributed by atoms with van der Waals surface area (Å²) in [4.78, 5) is 24.9. The van der Waals surface area contributed by atoms with Crippen molar-refractivity contribution in [1.29, 1.82) is 0 Å². The first-order chi connectivity index (χ1) is 9.28. The molecule has 2 heterocycles. The highest BCUT2D eigenvalue weighted by molar-refractivity contribution is 5.71. The number of hydrogen-bond donors (Lipinski definition) is 2. The van der Waals surface area contributed by atoms with Crippen molar-refractivity contribution in [1.82, 2.24) is 9.80 Å². The summed E-state index contributed by atoms with van der Waals surface area (Å²) in [5, 5.41) is 18.1. The predicted octanol–water partition coefficient (Wildman–Crippen LogP) is 1.17. The number of carboxylic acids is 1. The summed E-state index contributed by atoms with van der Waals surface area (Å²) in [5.74, 6) is -4.28. The Kier molecular flexibility index (Phi) is 4.12. The van der Waals surface area contributed by atoms with Gasteiger partial charge in [-0.15, -0.1) is 0 Å². The Morgan fingerprint density at radius 3 is 2.45 bits per heavy atom.